The molecule has 1 aliphatic heterocycles. The highest BCUT2D eigenvalue weighted by molar-refractivity contribution is 5.69. The molecule has 0 saturated carbocycles. The molecule has 0 aliphatic carbocycles. The summed E-state index contributed by atoms with van der Waals surface area (Å²) in [5.74, 6) is -0.179. The first-order valence-corrected chi connectivity index (χ1v) is 7.80. The number of aromatic hydroxyl groups is 1. The van der Waals surface area contributed by atoms with E-state index in [1.165, 1.54) is 0 Å². The number of alkyl halides is 3. The van der Waals surface area contributed by atoms with Gasteiger partial charge in [0.1, 0.15) is 11.4 Å². The van der Waals surface area contributed by atoms with Gasteiger partial charge in [-0.3, -0.25) is 0 Å². The minimum atomic E-state index is -4.53. The Labute approximate surface area is 142 Å². The summed E-state index contributed by atoms with van der Waals surface area (Å²) in [6, 6.07) is 2.69. The average Bonchev–Trinajstić information content (AvgIpc) is 2.54. The van der Waals surface area contributed by atoms with Crippen LogP contribution in [0.5, 0.6) is 5.75 Å². The second kappa shape index (κ2) is 6.47. The van der Waals surface area contributed by atoms with Crippen molar-refractivity contribution in [1.29, 1.82) is 0 Å². The van der Waals surface area contributed by atoms with E-state index >= 15 is 0 Å². The van der Waals surface area contributed by atoms with E-state index in [9.17, 15) is 23.4 Å². The number of anilines is 1. The van der Waals surface area contributed by atoms with Crippen molar-refractivity contribution in [3.63, 3.8) is 0 Å². The van der Waals surface area contributed by atoms with Crippen LogP contribution in [0.2, 0.25) is 0 Å². The molecule has 9 heteroatoms. The van der Waals surface area contributed by atoms with Crippen LogP contribution in [-0.2, 0) is 6.18 Å². The van der Waals surface area contributed by atoms with Crippen LogP contribution in [0, 0.1) is 6.92 Å². The maximum atomic E-state index is 12.7. The Morgan fingerprint density at radius 1 is 1.24 bits per heavy atom. The molecule has 2 heterocycles. The van der Waals surface area contributed by atoms with E-state index in [2.05, 4.69) is 15.2 Å². The van der Waals surface area contributed by atoms with E-state index in [0.717, 1.165) is 25.0 Å². The zero-order valence-electron chi connectivity index (χ0n) is 13.5. The van der Waals surface area contributed by atoms with Crippen molar-refractivity contribution in [1.82, 2.24) is 15.2 Å². The van der Waals surface area contributed by atoms with Crippen molar-refractivity contribution in [3.8, 4) is 17.0 Å². The van der Waals surface area contributed by atoms with Gasteiger partial charge in [0.05, 0.1) is 17.4 Å². The monoisotopic (exact) mass is 354 g/mol. The topological polar surface area (TPSA) is 82.4 Å². The number of aliphatic hydroxyl groups is 1. The highest BCUT2D eigenvalue weighted by Crippen LogP contribution is 2.36. The lowest BCUT2D eigenvalue weighted by Crippen LogP contribution is -2.39. The van der Waals surface area contributed by atoms with Gasteiger partial charge in [0.2, 0.25) is 5.95 Å². The molecule has 1 aliphatic rings. The minimum absolute atomic E-state index is 0.135. The lowest BCUT2D eigenvalue weighted by atomic mass is 10.1. The third-order valence-electron chi connectivity index (χ3n) is 4.11. The first kappa shape index (κ1) is 17.4. The number of hydrogen-bond donors (Lipinski definition) is 2. The number of aromatic nitrogens is 3. The van der Waals surface area contributed by atoms with Crippen LogP contribution in [-0.4, -0.2) is 44.6 Å². The van der Waals surface area contributed by atoms with Crippen LogP contribution in [0.15, 0.2) is 18.2 Å². The van der Waals surface area contributed by atoms with E-state index in [1.807, 2.05) is 4.90 Å². The molecule has 1 aromatic carbocycles. The Hall–Kier alpha value is -2.42. The summed E-state index contributed by atoms with van der Waals surface area (Å²) in [4.78, 5) is 6.14. The average molecular weight is 354 g/mol. The maximum Gasteiger partial charge on any atom is 0.416 e. The molecular formula is C16H17F3N4O2. The molecule has 25 heavy (non-hydrogen) atoms. The zero-order chi connectivity index (χ0) is 18.2. The largest absolute Gasteiger partial charge is 0.507 e. The SMILES string of the molecule is Cc1nc(N2CCCC(O)C2)nnc1-c1ccc(C(F)(F)F)cc1O. The van der Waals surface area contributed by atoms with Gasteiger partial charge < -0.3 is 15.1 Å². The number of piperidine rings is 1. The van der Waals surface area contributed by atoms with Crippen LogP contribution in [0.3, 0.4) is 0 Å². The molecule has 2 N–H and O–H groups in total. The van der Waals surface area contributed by atoms with Crippen molar-refractivity contribution in [2.24, 2.45) is 0 Å². The van der Waals surface area contributed by atoms with Gasteiger partial charge in [-0.05, 0) is 38.0 Å². The second-order valence-electron chi connectivity index (χ2n) is 6.02. The summed E-state index contributed by atoms with van der Waals surface area (Å²) in [5, 5.41) is 27.7. The molecule has 1 saturated heterocycles. The molecule has 1 aromatic heterocycles. The third kappa shape index (κ3) is 3.65. The number of phenols is 1. The van der Waals surface area contributed by atoms with Crippen LogP contribution in [0.4, 0.5) is 19.1 Å². The van der Waals surface area contributed by atoms with Crippen LogP contribution >= 0.6 is 0 Å². The maximum absolute atomic E-state index is 12.7. The summed E-state index contributed by atoms with van der Waals surface area (Å²) in [6.07, 6.45) is -3.45. The number of aryl methyl sites for hydroxylation is 1. The molecule has 0 spiro atoms. The fourth-order valence-corrected chi connectivity index (χ4v) is 2.82. The summed E-state index contributed by atoms with van der Waals surface area (Å²) in [6.45, 7) is 2.75. The number of benzene rings is 1. The lowest BCUT2D eigenvalue weighted by molar-refractivity contribution is -0.137. The Kier molecular flexibility index (Phi) is 4.51. The highest BCUT2D eigenvalue weighted by atomic mass is 19.4. The summed E-state index contributed by atoms with van der Waals surface area (Å²) in [7, 11) is 0. The molecule has 0 bridgehead atoms. The quantitative estimate of drug-likeness (QED) is 0.862. The Bertz CT molecular complexity index is 782. The first-order chi connectivity index (χ1) is 11.8. The van der Waals surface area contributed by atoms with E-state index < -0.39 is 23.6 Å². The molecular weight excluding hydrogens is 337 g/mol. The smallest absolute Gasteiger partial charge is 0.416 e. The molecule has 134 valence electrons. The molecule has 2 aromatic rings. The number of phenolic OH excluding ortho intramolecular Hbond substituents is 1. The molecule has 3 rings (SSSR count). The van der Waals surface area contributed by atoms with Crippen LogP contribution in [0.1, 0.15) is 24.1 Å². The molecule has 0 amide bonds. The minimum Gasteiger partial charge on any atom is -0.507 e. The van der Waals surface area contributed by atoms with Crippen molar-refractivity contribution in [2.75, 3.05) is 18.0 Å². The van der Waals surface area contributed by atoms with Gasteiger partial charge in [0.15, 0.2) is 0 Å². The number of β-amino-alcohol motifs (C(OH)–C–C–N with tert-alkyl or cyclic N) is 1. The molecule has 1 fully saturated rings. The van der Waals surface area contributed by atoms with Crippen molar-refractivity contribution >= 4 is 5.95 Å². The normalized spacial score (nSPS) is 18.4. The van der Waals surface area contributed by atoms with E-state index in [4.69, 9.17) is 0 Å². The number of nitrogens with zero attached hydrogens (tertiary/aromatic N) is 4. The predicted molar refractivity (Wildman–Crippen MR) is 84.1 cm³/mol. The van der Waals surface area contributed by atoms with Crippen molar-refractivity contribution in [3.05, 3.63) is 29.5 Å². The number of hydrogen-bond acceptors (Lipinski definition) is 6. The lowest BCUT2D eigenvalue weighted by Gasteiger charge is -2.29. The molecule has 6 nitrogen and oxygen atoms in total. The fourth-order valence-electron chi connectivity index (χ4n) is 2.82. The van der Waals surface area contributed by atoms with Gasteiger partial charge in [-0.25, -0.2) is 4.98 Å². The summed E-state index contributed by atoms with van der Waals surface area (Å²) in [5.41, 5.74) is -0.158. The highest BCUT2D eigenvalue weighted by Gasteiger charge is 2.31. The van der Waals surface area contributed by atoms with Crippen molar-refractivity contribution in [2.45, 2.75) is 32.0 Å². The third-order valence-corrected chi connectivity index (χ3v) is 4.11. The summed E-state index contributed by atoms with van der Waals surface area (Å²) >= 11 is 0. The van der Waals surface area contributed by atoms with Crippen LogP contribution in [0.25, 0.3) is 11.3 Å². The van der Waals surface area contributed by atoms with Crippen LogP contribution < -0.4 is 4.90 Å². The first-order valence-electron chi connectivity index (χ1n) is 7.80. The zero-order valence-corrected chi connectivity index (χ0v) is 13.5. The van der Waals surface area contributed by atoms with Gasteiger partial charge in [-0.15, -0.1) is 10.2 Å². The van der Waals surface area contributed by atoms with E-state index in [1.54, 1.807) is 6.92 Å². The Balaban J connectivity index is 1.91. The van der Waals surface area contributed by atoms with Gasteiger partial charge in [0.25, 0.3) is 0 Å². The number of rotatable bonds is 2. The number of halogens is 3. The van der Waals surface area contributed by atoms with Gasteiger partial charge in [-0.1, -0.05) is 0 Å². The van der Waals surface area contributed by atoms with E-state index in [0.29, 0.717) is 30.8 Å². The fraction of sp³-hybridized carbons (Fsp3) is 0.438. The number of aliphatic hydroxyl groups excluding tert-OH is 1. The van der Waals surface area contributed by atoms with Gasteiger partial charge >= 0.3 is 6.18 Å². The molecule has 1 atom stereocenters. The van der Waals surface area contributed by atoms with Gasteiger partial charge in [-0.2, -0.15) is 13.2 Å². The standard InChI is InChI=1S/C16H17F3N4O2/c1-9-14(12-5-4-10(7-13(12)25)16(17,18)19)21-22-15(20-9)23-6-2-3-11(24)8-23/h4-5,7,11,24-25H,2-3,6,8H2,1H3. The Morgan fingerprint density at radius 2 is 2.00 bits per heavy atom. The van der Waals surface area contributed by atoms with E-state index in [-0.39, 0.29) is 11.3 Å². The molecule has 0 radical (unpaired) electrons. The predicted octanol–water partition coefficient (Wildman–Crippen LogP) is 2.53. The Morgan fingerprint density at radius 3 is 2.60 bits per heavy atom. The molecule has 1 unspecified atom stereocenters. The van der Waals surface area contributed by atoms with Crippen molar-refractivity contribution < 1.29 is 23.4 Å². The van der Waals surface area contributed by atoms with Gasteiger partial charge in [0, 0.05) is 18.7 Å². The summed E-state index contributed by atoms with van der Waals surface area (Å²) < 4.78 is 38.1. The second-order valence-corrected chi connectivity index (χ2v) is 6.02.